The Kier molecular flexibility index (Phi) is 16.1. The number of carbonyl (C=O) groups excluding carboxylic acids is 5. The Balaban J connectivity index is 1.60. The van der Waals surface area contributed by atoms with Gasteiger partial charge in [-0.15, -0.1) is 0 Å². The number of sulfonamides is 1. The van der Waals surface area contributed by atoms with Crippen LogP contribution in [0.25, 0.3) is 5.57 Å². The second-order valence-electron chi connectivity index (χ2n) is 15.7. The van der Waals surface area contributed by atoms with Gasteiger partial charge in [-0.05, 0) is 70.7 Å². The summed E-state index contributed by atoms with van der Waals surface area (Å²) in [7, 11) is 1.61. The van der Waals surface area contributed by atoms with E-state index in [0.29, 0.717) is 30.4 Å². The van der Waals surface area contributed by atoms with E-state index in [1.54, 1.807) is 51.1 Å². The Hall–Kier alpha value is -4.33. The molecule has 0 unspecified atom stereocenters. The average molecular weight is 881 g/mol. The molecule has 0 aromatic heterocycles. The number of halogens is 1. The van der Waals surface area contributed by atoms with Gasteiger partial charge in [0, 0.05) is 46.3 Å². The lowest BCUT2D eigenvalue weighted by molar-refractivity contribution is -0.203. The van der Waals surface area contributed by atoms with Crippen LogP contribution in [0.1, 0.15) is 78.7 Å². The molecule has 3 aliphatic heterocycles. The molecule has 6 atom stereocenters. The largest absolute Gasteiger partial charge is 0.495 e. The molecule has 17 nitrogen and oxygen atoms in total. The van der Waals surface area contributed by atoms with Crippen LogP contribution in [-0.2, 0) is 48.1 Å². The van der Waals surface area contributed by atoms with Gasteiger partial charge in [0.25, 0.3) is 11.8 Å². The van der Waals surface area contributed by atoms with Gasteiger partial charge in [-0.2, -0.15) is 4.31 Å². The Morgan fingerprint density at radius 1 is 1.10 bits per heavy atom. The highest BCUT2D eigenvalue weighted by atomic mass is 35.5. The lowest BCUT2D eigenvalue weighted by atomic mass is 9.93. The van der Waals surface area contributed by atoms with Crippen LogP contribution < -0.4 is 15.0 Å². The van der Waals surface area contributed by atoms with Gasteiger partial charge in [0.1, 0.15) is 40.7 Å². The lowest BCUT2D eigenvalue weighted by Gasteiger charge is -2.44. The fourth-order valence-electron chi connectivity index (χ4n) is 7.05. The first-order valence-corrected chi connectivity index (χ1v) is 21.6. The average Bonchev–Trinajstić information content (AvgIpc) is 3.50. The Labute approximate surface area is 356 Å². The number of alkyl carbamates (subject to hydrolysis) is 1. The van der Waals surface area contributed by atoms with Gasteiger partial charge >= 0.3 is 12.1 Å². The molecular formula is C41H57ClN4O13S. The van der Waals surface area contributed by atoms with E-state index >= 15 is 0 Å². The summed E-state index contributed by atoms with van der Waals surface area (Å²) in [5.41, 5.74) is -1.79. The van der Waals surface area contributed by atoms with E-state index in [4.69, 9.17) is 35.3 Å². The number of allylic oxidation sites excluding steroid dienone is 3. The number of likely N-dealkylation sites (N-methyl/N-ethyl adjacent to an activating group) is 1. The molecule has 0 saturated carbocycles. The fraction of sp³-hybridized carbons (Fsp3) is 0.585. The number of nitrogens with one attached hydrogen (secondary N) is 1. The first-order valence-electron chi connectivity index (χ1n) is 19.7. The Morgan fingerprint density at radius 3 is 2.38 bits per heavy atom. The summed E-state index contributed by atoms with van der Waals surface area (Å²) in [6.45, 7) is 8.17. The first kappa shape index (κ1) is 48.3. The van der Waals surface area contributed by atoms with Crippen LogP contribution in [0.4, 0.5) is 10.5 Å². The van der Waals surface area contributed by atoms with Crippen molar-refractivity contribution in [3.05, 3.63) is 53.1 Å². The molecule has 4 amide bonds. The number of unbranched alkanes of at least 4 members (excludes halogenated alkanes) is 3. The van der Waals surface area contributed by atoms with Crippen LogP contribution in [-0.4, -0.2) is 135 Å². The number of rotatable bonds is 13. The quantitative estimate of drug-likeness (QED) is 0.163. The molecule has 1 aromatic rings. The summed E-state index contributed by atoms with van der Waals surface area (Å²) >= 11 is 6.75. The molecule has 4 rings (SSSR count). The summed E-state index contributed by atoms with van der Waals surface area (Å²) in [4.78, 5) is 66.9. The van der Waals surface area contributed by atoms with Gasteiger partial charge in [-0.25, -0.2) is 13.2 Å². The number of imide groups is 1. The number of hydrogen-bond donors (Lipinski definition) is 2. The number of aliphatic hydroxyl groups is 1. The van der Waals surface area contributed by atoms with E-state index in [-0.39, 0.29) is 53.4 Å². The van der Waals surface area contributed by atoms with E-state index in [9.17, 15) is 37.5 Å². The summed E-state index contributed by atoms with van der Waals surface area (Å²) in [5, 5.41) is 14.3. The smallest absolute Gasteiger partial charge is 0.409 e. The zero-order valence-corrected chi connectivity index (χ0v) is 37.1. The number of anilines is 1. The highest BCUT2D eigenvalue weighted by Crippen LogP contribution is 2.39. The third-order valence-corrected chi connectivity index (χ3v) is 13.4. The lowest BCUT2D eigenvalue weighted by Crippen LogP contribution is -2.64. The van der Waals surface area contributed by atoms with Crippen molar-refractivity contribution < 1.29 is 61.2 Å². The van der Waals surface area contributed by atoms with Gasteiger partial charge in [-0.3, -0.25) is 29.4 Å². The molecule has 3 aliphatic rings. The Morgan fingerprint density at radius 2 is 1.75 bits per heavy atom. The van der Waals surface area contributed by atoms with E-state index in [0.717, 1.165) is 9.21 Å². The first-order chi connectivity index (χ1) is 28.0. The highest BCUT2D eigenvalue weighted by molar-refractivity contribution is 7.89. The number of methoxy groups -OCH3 is 2. The number of amides is 4. The van der Waals surface area contributed by atoms with Crippen LogP contribution in [0.5, 0.6) is 5.75 Å². The van der Waals surface area contributed by atoms with Crippen molar-refractivity contribution in [1.29, 1.82) is 0 Å². The molecule has 3 heterocycles. The number of nitrogens with zero attached hydrogens (tertiary/aromatic N) is 3. The number of fused-ring (bicyclic) bond motifs is 4. The summed E-state index contributed by atoms with van der Waals surface area (Å²) in [6.07, 6.45) is 3.32. The molecule has 1 saturated heterocycles. The van der Waals surface area contributed by atoms with Crippen molar-refractivity contribution in [2.45, 2.75) is 115 Å². The Bertz CT molecular complexity index is 1990. The zero-order chi connectivity index (χ0) is 44.7. The van der Waals surface area contributed by atoms with Gasteiger partial charge in [0.05, 0.1) is 31.1 Å². The number of benzene rings is 1. The third-order valence-electron chi connectivity index (χ3n) is 11.0. The summed E-state index contributed by atoms with van der Waals surface area (Å²) in [5.74, 6) is -2.25. The fourth-order valence-corrected chi connectivity index (χ4v) is 8.78. The SMILES string of the molecule is COc1cc2cc(c1Cl)N(C)C(=O)C[C@H](OC(=O)[C@H](C)N(C)S(=O)(=O)CCCCCCN1C(=O)C=CC1=O)C(C)(C)O[C@H](C)[C@@H]1C[C@@](O)(NC(=O)O1)[C@H](OC)/C=C/C=C2C. The van der Waals surface area contributed by atoms with Crippen LogP contribution in [0.3, 0.4) is 0 Å². The van der Waals surface area contributed by atoms with E-state index in [1.807, 2.05) is 6.92 Å². The van der Waals surface area contributed by atoms with Crippen molar-refractivity contribution in [3.8, 4) is 5.75 Å². The minimum atomic E-state index is -3.97. The molecule has 1 aromatic carbocycles. The maximum atomic E-state index is 14.2. The minimum Gasteiger partial charge on any atom is -0.495 e. The number of carbonyl (C=O) groups is 5. The number of ether oxygens (including phenoxy) is 5. The van der Waals surface area contributed by atoms with Gasteiger partial charge in [-0.1, -0.05) is 42.7 Å². The van der Waals surface area contributed by atoms with Crippen molar-refractivity contribution in [1.82, 2.24) is 14.5 Å². The van der Waals surface area contributed by atoms with Crippen LogP contribution in [0.15, 0.2) is 42.5 Å². The molecule has 0 spiro atoms. The molecular weight excluding hydrogens is 824 g/mol. The predicted octanol–water partition coefficient (Wildman–Crippen LogP) is 4.11. The molecule has 2 N–H and O–H groups in total. The second kappa shape index (κ2) is 20.0. The monoisotopic (exact) mass is 880 g/mol. The standard InChI is InChI=1S/C41H57ClN4O13S/c1-25-15-14-16-32(56-9)41(52)24-31(57-39(51)43-41)27(3)59-40(4,5)33(23-36(49)44(6)29-21-28(25)22-30(55-8)37(29)42)58-38(50)26(2)45(7)60(53,54)20-13-11-10-12-19-46-34(47)17-18-35(46)48/h14-18,21-22,26-27,31-33,52H,10-13,19-20,23-24H2,1-9H3,(H,43,51)/b16-14+,25-15?/t26-,27+,31-,32+,33-,41-/m0/s1. The van der Waals surface area contributed by atoms with Crippen LogP contribution in [0.2, 0.25) is 5.02 Å². The van der Waals surface area contributed by atoms with Crippen molar-refractivity contribution in [2.24, 2.45) is 0 Å². The van der Waals surface area contributed by atoms with Crippen molar-refractivity contribution in [3.63, 3.8) is 0 Å². The second-order valence-corrected chi connectivity index (χ2v) is 18.2. The van der Waals surface area contributed by atoms with Crippen LogP contribution >= 0.6 is 11.6 Å². The van der Waals surface area contributed by atoms with Gasteiger partial charge in [0.2, 0.25) is 15.9 Å². The molecule has 1 fully saturated rings. The predicted molar refractivity (Wildman–Crippen MR) is 222 cm³/mol. The maximum Gasteiger partial charge on any atom is 0.409 e. The van der Waals surface area contributed by atoms with E-state index in [2.05, 4.69) is 5.32 Å². The summed E-state index contributed by atoms with van der Waals surface area (Å²) < 4.78 is 56.8. The molecule has 332 valence electrons. The van der Waals surface area contributed by atoms with E-state index < -0.39 is 76.2 Å². The zero-order valence-electron chi connectivity index (χ0n) is 35.6. The minimum absolute atomic E-state index is 0.143. The van der Waals surface area contributed by atoms with Gasteiger partial charge < -0.3 is 33.7 Å². The number of hydrogen-bond acceptors (Lipinski definition) is 13. The number of esters is 1. The topological polar surface area (TPSA) is 208 Å². The van der Waals surface area contributed by atoms with Crippen molar-refractivity contribution >= 4 is 62.7 Å². The summed E-state index contributed by atoms with van der Waals surface area (Å²) in [6, 6.07) is 2.06. The van der Waals surface area contributed by atoms with Crippen molar-refractivity contribution in [2.75, 3.05) is 45.5 Å². The molecule has 4 bridgehead atoms. The normalized spacial score (nSPS) is 26.2. The molecule has 0 radical (unpaired) electrons. The third kappa shape index (κ3) is 11.5. The van der Waals surface area contributed by atoms with Gasteiger partial charge in [0.15, 0.2) is 5.72 Å². The maximum absolute atomic E-state index is 14.2. The molecule has 19 heteroatoms. The van der Waals surface area contributed by atoms with Crippen LogP contribution in [0, 0.1) is 0 Å². The molecule has 0 aliphatic carbocycles. The molecule has 60 heavy (non-hydrogen) atoms. The highest BCUT2D eigenvalue weighted by Gasteiger charge is 2.49. The van der Waals surface area contributed by atoms with E-state index in [1.165, 1.54) is 52.3 Å².